The summed E-state index contributed by atoms with van der Waals surface area (Å²) >= 11 is 0. The van der Waals surface area contributed by atoms with E-state index in [1.54, 1.807) is 21.3 Å². The van der Waals surface area contributed by atoms with Crippen molar-refractivity contribution in [3.05, 3.63) is 12.1 Å². The van der Waals surface area contributed by atoms with Crippen LogP contribution in [0.3, 0.4) is 0 Å². The third kappa shape index (κ3) is 2.94. The molecule has 0 radical (unpaired) electrons. The zero-order valence-corrected chi connectivity index (χ0v) is 15.4. The Morgan fingerprint density at radius 1 is 0.923 bits per heavy atom. The van der Waals surface area contributed by atoms with Crippen LogP contribution in [-0.2, 0) is 0 Å². The molecule has 5 rings (SSSR count). The van der Waals surface area contributed by atoms with Crippen molar-refractivity contribution in [1.29, 1.82) is 0 Å². The Kier molecular flexibility index (Phi) is 4.58. The maximum atomic E-state index is 6.02. The van der Waals surface area contributed by atoms with Crippen molar-refractivity contribution in [2.24, 2.45) is 0 Å². The molecule has 1 aromatic heterocycles. The number of aromatic nitrogens is 2. The number of nitrogens with zero attached hydrogens (tertiary/aromatic N) is 4. The normalized spacial score (nSPS) is 22.2. The molecule has 0 N–H and O–H groups in total. The number of fused-ring (bicyclic) bond motifs is 4. The number of hydrogen-bond acceptors (Lipinski definition) is 8. The van der Waals surface area contributed by atoms with E-state index < -0.39 is 0 Å². The molecular formula is C18H24N4O4. The summed E-state index contributed by atoms with van der Waals surface area (Å²) in [6, 6.07) is 4.70. The number of hydrogen-bond donors (Lipinski definition) is 0. The van der Waals surface area contributed by atoms with Crippen molar-refractivity contribution < 1.29 is 18.6 Å². The fraction of sp³-hybridized carbons (Fsp3) is 0.556. The lowest BCUT2D eigenvalue weighted by Crippen LogP contribution is -2.38. The second-order valence-corrected chi connectivity index (χ2v) is 6.57. The van der Waals surface area contributed by atoms with E-state index in [9.17, 15) is 0 Å². The highest BCUT2D eigenvalue weighted by atomic mass is 16.5. The van der Waals surface area contributed by atoms with Gasteiger partial charge in [0.2, 0.25) is 11.6 Å². The van der Waals surface area contributed by atoms with Gasteiger partial charge in [-0.2, -0.15) is 0 Å². The summed E-state index contributed by atoms with van der Waals surface area (Å²) in [5, 5.41) is 8.56. The molecule has 1 aromatic carbocycles. The average molecular weight is 360 g/mol. The van der Waals surface area contributed by atoms with Crippen LogP contribution < -0.4 is 19.1 Å². The predicted molar refractivity (Wildman–Crippen MR) is 96.2 cm³/mol. The summed E-state index contributed by atoms with van der Waals surface area (Å²) in [7, 11) is 4.75. The summed E-state index contributed by atoms with van der Waals surface area (Å²) in [5.74, 6) is 2.10. The summed E-state index contributed by atoms with van der Waals surface area (Å²) < 4.78 is 22.2. The Bertz CT molecular complexity index is 745. The fourth-order valence-corrected chi connectivity index (χ4v) is 3.79. The van der Waals surface area contributed by atoms with E-state index >= 15 is 0 Å². The van der Waals surface area contributed by atoms with Gasteiger partial charge in [-0.15, -0.1) is 5.10 Å². The average Bonchev–Trinajstić information content (AvgIpc) is 2.99. The minimum absolute atomic E-state index is 0.443. The van der Waals surface area contributed by atoms with Gasteiger partial charge >= 0.3 is 6.01 Å². The SMILES string of the molecule is COc1cc(-c2nnc(N3CCN4CCC3CC4)o2)cc(OC)c1OC. The highest BCUT2D eigenvalue weighted by Gasteiger charge is 2.32. The minimum Gasteiger partial charge on any atom is -0.493 e. The van der Waals surface area contributed by atoms with E-state index in [0.29, 0.717) is 35.2 Å². The maximum Gasteiger partial charge on any atom is 0.318 e. The van der Waals surface area contributed by atoms with Gasteiger partial charge in [0, 0.05) is 37.8 Å². The third-order valence-corrected chi connectivity index (χ3v) is 5.23. The van der Waals surface area contributed by atoms with Crippen molar-refractivity contribution in [2.75, 3.05) is 52.4 Å². The molecule has 8 heteroatoms. The van der Waals surface area contributed by atoms with Crippen LogP contribution in [0.2, 0.25) is 0 Å². The topological polar surface area (TPSA) is 73.1 Å². The van der Waals surface area contributed by atoms with Crippen molar-refractivity contribution in [2.45, 2.75) is 18.9 Å². The lowest BCUT2D eigenvalue weighted by molar-refractivity contribution is 0.249. The Morgan fingerprint density at radius 3 is 2.23 bits per heavy atom. The molecule has 0 amide bonds. The van der Waals surface area contributed by atoms with E-state index in [0.717, 1.165) is 44.6 Å². The molecule has 0 spiro atoms. The molecule has 0 aliphatic carbocycles. The molecular weight excluding hydrogens is 336 g/mol. The van der Waals surface area contributed by atoms with E-state index in [2.05, 4.69) is 20.0 Å². The van der Waals surface area contributed by atoms with Gasteiger partial charge in [0.1, 0.15) is 0 Å². The van der Waals surface area contributed by atoms with E-state index in [4.69, 9.17) is 18.6 Å². The highest BCUT2D eigenvalue weighted by Crippen LogP contribution is 2.41. The largest absolute Gasteiger partial charge is 0.493 e. The molecule has 4 heterocycles. The first kappa shape index (κ1) is 17.0. The smallest absolute Gasteiger partial charge is 0.318 e. The van der Waals surface area contributed by atoms with E-state index in [1.165, 1.54) is 0 Å². The number of methoxy groups -OCH3 is 3. The van der Waals surface area contributed by atoms with Gasteiger partial charge in [-0.25, -0.2) is 0 Å². The first-order chi connectivity index (χ1) is 12.7. The summed E-state index contributed by atoms with van der Waals surface area (Å²) in [5.41, 5.74) is 0.737. The molecule has 8 nitrogen and oxygen atoms in total. The van der Waals surface area contributed by atoms with Gasteiger partial charge in [-0.1, -0.05) is 5.10 Å². The number of rotatable bonds is 5. The molecule has 2 aromatic rings. The summed E-state index contributed by atoms with van der Waals surface area (Å²) in [6.07, 6.45) is 2.28. The molecule has 0 unspecified atom stereocenters. The van der Waals surface area contributed by atoms with Crippen LogP contribution in [0.25, 0.3) is 11.5 Å². The molecule has 0 atom stereocenters. The molecule has 140 valence electrons. The van der Waals surface area contributed by atoms with Crippen molar-refractivity contribution in [1.82, 2.24) is 15.1 Å². The third-order valence-electron chi connectivity index (χ3n) is 5.23. The monoisotopic (exact) mass is 360 g/mol. The Labute approximate surface area is 152 Å². The lowest BCUT2D eigenvalue weighted by atomic mass is 10.1. The first-order valence-corrected chi connectivity index (χ1v) is 8.86. The van der Waals surface area contributed by atoms with Gasteiger partial charge in [0.05, 0.1) is 21.3 Å². The van der Waals surface area contributed by atoms with Crippen LogP contribution >= 0.6 is 0 Å². The Balaban J connectivity index is 1.65. The van der Waals surface area contributed by atoms with Crippen LogP contribution in [0.5, 0.6) is 17.2 Å². The van der Waals surface area contributed by atoms with Crippen molar-refractivity contribution in [3.63, 3.8) is 0 Å². The van der Waals surface area contributed by atoms with Crippen molar-refractivity contribution >= 4 is 6.01 Å². The van der Waals surface area contributed by atoms with Gasteiger partial charge in [0.15, 0.2) is 11.5 Å². The fourth-order valence-electron chi connectivity index (χ4n) is 3.79. The standard InChI is InChI=1S/C18H24N4O4/c1-23-14-10-12(11-15(24-2)16(14)25-3)17-19-20-18(26-17)22-9-8-21-6-4-13(22)5-7-21/h10-11,13H,4-9H2,1-3H3. The molecule has 3 saturated heterocycles. The van der Waals surface area contributed by atoms with Crippen LogP contribution in [0.15, 0.2) is 16.5 Å². The summed E-state index contributed by atoms with van der Waals surface area (Å²) in [6.45, 7) is 4.25. The van der Waals surface area contributed by atoms with Gasteiger partial charge in [-0.3, -0.25) is 0 Å². The molecule has 3 fully saturated rings. The number of piperidine rings is 1. The second kappa shape index (κ2) is 7.03. The van der Waals surface area contributed by atoms with E-state index in [1.807, 2.05) is 12.1 Å². The molecule has 3 aliphatic heterocycles. The lowest BCUT2D eigenvalue weighted by Gasteiger charge is -2.29. The van der Waals surface area contributed by atoms with Gasteiger partial charge < -0.3 is 28.4 Å². The Hall–Kier alpha value is -2.48. The molecule has 0 saturated carbocycles. The molecule has 2 bridgehead atoms. The highest BCUT2D eigenvalue weighted by molar-refractivity contribution is 5.66. The quantitative estimate of drug-likeness (QED) is 0.802. The van der Waals surface area contributed by atoms with Crippen molar-refractivity contribution in [3.8, 4) is 28.7 Å². The van der Waals surface area contributed by atoms with Crippen LogP contribution in [0.4, 0.5) is 6.01 Å². The number of anilines is 1. The van der Waals surface area contributed by atoms with Gasteiger partial charge in [0.25, 0.3) is 0 Å². The van der Waals surface area contributed by atoms with Crippen LogP contribution in [-0.4, -0.2) is 68.6 Å². The minimum atomic E-state index is 0.443. The second-order valence-electron chi connectivity index (χ2n) is 6.57. The zero-order chi connectivity index (χ0) is 18.1. The maximum absolute atomic E-state index is 6.02. The van der Waals surface area contributed by atoms with Crippen LogP contribution in [0.1, 0.15) is 12.8 Å². The molecule has 3 aliphatic rings. The number of ether oxygens (including phenoxy) is 3. The van der Waals surface area contributed by atoms with E-state index in [-0.39, 0.29) is 0 Å². The first-order valence-electron chi connectivity index (χ1n) is 8.86. The zero-order valence-electron chi connectivity index (χ0n) is 15.4. The number of benzene rings is 1. The molecule has 26 heavy (non-hydrogen) atoms. The van der Waals surface area contributed by atoms with Gasteiger partial charge in [-0.05, 0) is 25.0 Å². The summed E-state index contributed by atoms with van der Waals surface area (Å²) in [4.78, 5) is 4.74. The predicted octanol–water partition coefficient (Wildman–Crippen LogP) is 2.05. The Morgan fingerprint density at radius 2 is 1.62 bits per heavy atom. The van der Waals surface area contributed by atoms with Crippen LogP contribution in [0, 0.1) is 0 Å².